The molecule has 3 aromatic heterocycles. The van der Waals surface area contributed by atoms with E-state index in [4.69, 9.17) is 4.52 Å². The van der Waals surface area contributed by atoms with Gasteiger partial charge in [0.1, 0.15) is 17.7 Å². The first-order valence-corrected chi connectivity index (χ1v) is 12.2. The van der Waals surface area contributed by atoms with Crippen LogP contribution < -0.4 is 5.32 Å². The van der Waals surface area contributed by atoms with E-state index < -0.39 is 18.1 Å². The van der Waals surface area contributed by atoms with Crippen molar-refractivity contribution < 1.29 is 19.2 Å². The Balaban J connectivity index is 1.43. The van der Waals surface area contributed by atoms with Gasteiger partial charge in [0.2, 0.25) is 11.8 Å². The normalized spacial score (nSPS) is 18.9. The Morgan fingerprint density at radius 3 is 2.68 bits per heavy atom. The zero-order valence-electron chi connectivity index (χ0n) is 19.7. The maximum absolute atomic E-state index is 13.4. The Bertz CT molecular complexity index is 1160. The summed E-state index contributed by atoms with van der Waals surface area (Å²) in [7, 11) is 0. The lowest BCUT2D eigenvalue weighted by Crippen LogP contribution is -2.48. The number of aliphatic hydroxyl groups excluding tert-OH is 1. The van der Waals surface area contributed by atoms with E-state index in [9.17, 15) is 14.7 Å². The first kappa shape index (κ1) is 24.0. The highest BCUT2D eigenvalue weighted by atomic mass is 32.1. The number of carbonyl (C=O) groups excluding carboxylic acids is 2. The molecule has 0 spiro atoms. The van der Waals surface area contributed by atoms with Crippen LogP contribution in [-0.4, -0.2) is 55.6 Å². The second kappa shape index (κ2) is 10.0. The second-order valence-electron chi connectivity index (χ2n) is 9.01. The van der Waals surface area contributed by atoms with Gasteiger partial charge in [-0.15, -0.1) is 11.3 Å². The van der Waals surface area contributed by atoms with Crippen molar-refractivity contribution in [2.24, 2.45) is 5.92 Å². The van der Waals surface area contributed by atoms with E-state index in [1.54, 1.807) is 36.0 Å². The summed E-state index contributed by atoms with van der Waals surface area (Å²) < 4.78 is 5.37. The van der Waals surface area contributed by atoms with Crippen LogP contribution in [-0.2, 0) is 16.1 Å². The van der Waals surface area contributed by atoms with Crippen LogP contribution in [0.5, 0.6) is 0 Å². The number of hydrogen-bond donors (Lipinski definition) is 2. The molecule has 0 aliphatic carbocycles. The molecule has 10 heteroatoms. The molecule has 3 atom stereocenters. The van der Waals surface area contributed by atoms with Crippen LogP contribution in [0.3, 0.4) is 0 Å². The number of aromatic nitrogens is 3. The molecule has 34 heavy (non-hydrogen) atoms. The summed E-state index contributed by atoms with van der Waals surface area (Å²) in [6, 6.07) is 4.80. The summed E-state index contributed by atoms with van der Waals surface area (Å²) in [5, 5.41) is 17.0. The average Bonchev–Trinajstić information content (AvgIpc) is 3.52. The van der Waals surface area contributed by atoms with E-state index in [1.165, 1.54) is 4.90 Å². The van der Waals surface area contributed by atoms with E-state index in [2.05, 4.69) is 20.4 Å². The third-order valence-electron chi connectivity index (χ3n) is 6.03. The molecular weight excluding hydrogens is 454 g/mol. The minimum Gasteiger partial charge on any atom is -0.391 e. The molecule has 3 unspecified atom stereocenters. The highest BCUT2D eigenvalue weighted by molar-refractivity contribution is 7.13. The number of aryl methyl sites for hydroxylation is 2. The lowest BCUT2D eigenvalue weighted by molar-refractivity contribution is -0.141. The maximum Gasteiger partial charge on any atom is 0.243 e. The van der Waals surface area contributed by atoms with Crippen LogP contribution >= 0.6 is 11.3 Å². The number of amides is 2. The van der Waals surface area contributed by atoms with Crippen LogP contribution in [0.4, 0.5) is 0 Å². The van der Waals surface area contributed by atoms with Gasteiger partial charge in [-0.2, -0.15) is 0 Å². The third kappa shape index (κ3) is 5.02. The molecule has 1 saturated heterocycles. The smallest absolute Gasteiger partial charge is 0.243 e. The van der Waals surface area contributed by atoms with Crippen molar-refractivity contribution in [1.29, 1.82) is 0 Å². The van der Waals surface area contributed by atoms with Gasteiger partial charge in [-0.1, -0.05) is 25.1 Å². The van der Waals surface area contributed by atoms with E-state index >= 15 is 0 Å². The van der Waals surface area contributed by atoms with E-state index in [0.29, 0.717) is 17.1 Å². The van der Waals surface area contributed by atoms with Crippen molar-refractivity contribution in [3.05, 3.63) is 52.7 Å². The number of carbonyl (C=O) groups is 2. The second-order valence-corrected chi connectivity index (χ2v) is 9.87. The number of aliphatic hydroxyl groups is 1. The Kier molecular flexibility index (Phi) is 7.08. The molecule has 180 valence electrons. The lowest BCUT2D eigenvalue weighted by atomic mass is 9.91. The van der Waals surface area contributed by atoms with Crippen LogP contribution in [0, 0.1) is 19.8 Å². The molecule has 0 bridgehead atoms. The van der Waals surface area contributed by atoms with Crippen LogP contribution in [0.25, 0.3) is 10.4 Å². The first-order valence-electron chi connectivity index (χ1n) is 11.3. The van der Waals surface area contributed by atoms with Crippen molar-refractivity contribution in [2.45, 2.75) is 58.7 Å². The molecule has 1 aliphatic heterocycles. The van der Waals surface area contributed by atoms with Crippen molar-refractivity contribution >= 4 is 23.2 Å². The van der Waals surface area contributed by atoms with Gasteiger partial charge < -0.3 is 19.8 Å². The quantitative estimate of drug-likeness (QED) is 0.530. The van der Waals surface area contributed by atoms with Gasteiger partial charge in [-0.3, -0.25) is 14.6 Å². The van der Waals surface area contributed by atoms with Crippen molar-refractivity contribution in [2.75, 3.05) is 6.54 Å². The van der Waals surface area contributed by atoms with E-state index in [1.807, 2.05) is 32.9 Å². The number of β-amino-alcohol motifs (C(OH)–C–C–N with tert-alkyl or cyclic N) is 1. The summed E-state index contributed by atoms with van der Waals surface area (Å²) >= 11 is 1.56. The Morgan fingerprint density at radius 2 is 2.09 bits per heavy atom. The third-order valence-corrected chi connectivity index (χ3v) is 7.00. The molecular formula is C24H29N5O4S. The van der Waals surface area contributed by atoms with Crippen molar-refractivity contribution in [3.63, 3.8) is 0 Å². The van der Waals surface area contributed by atoms with Gasteiger partial charge in [0, 0.05) is 30.8 Å². The standard InChI is InChI=1S/C24H29N5O4S/c1-13(2)21(20-7-14(3)28-33-20)24(32)29-11-18(30)8-19(29)23(31)26-10-17-6-5-16(9-25-17)22-15(4)27-12-34-22/h5-7,9,12-13,18-19,21,30H,8,10-11H2,1-4H3,(H,26,31). The minimum atomic E-state index is -0.760. The molecule has 0 radical (unpaired) electrons. The average molecular weight is 484 g/mol. The fourth-order valence-corrected chi connectivity index (χ4v) is 5.08. The SMILES string of the molecule is Cc1cc(C(C(=O)N2CC(O)CC2C(=O)NCc2ccc(-c3scnc3C)cn2)C(C)C)on1. The Hall–Kier alpha value is -3.11. The van der Waals surface area contributed by atoms with Crippen molar-refractivity contribution in [3.8, 4) is 10.4 Å². The van der Waals surface area contributed by atoms with Crippen molar-refractivity contribution in [1.82, 2.24) is 25.3 Å². The summed E-state index contributed by atoms with van der Waals surface area (Å²) in [4.78, 5) is 37.7. The molecule has 3 aromatic rings. The van der Waals surface area contributed by atoms with Gasteiger partial charge >= 0.3 is 0 Å². The molecule has 2 N–H and O–H groups in total. The summed E-state index contributed by atoms with van der Waals surface area (Å²) in [6.07, 6.45) is 1.20. The minimum absolute atomic E-state index is 0.0637. The van der Waals surface area contributed by atoms with Crippen LogP contribution in [0.15, 0.2) is 34.4 Å². The van der Waals surface area contributed by atoms with E-state index in [0.717, 1.165) is 16.1 Å². The van der Waals surface area contributed by atoms with Crippen LogP contribution in [0.1, 0.15) is 49.0 Å². The van der Waals surface area contributed by atoms with Gasteiger partial charge in [0.15, 0.2) is 0 Å². The number of rotatable bonds is 7. The van der Waals surface area contributed by atoms with Gasteiger partial charge in [-0.25, -0.2) is 4.98 Å². The zero-order valence-corrected chi connectivity index (χ0v) is 20.5. The lowest BCUT2D eigenvalue weighted by Gasteiger charge is -2.28. The number of thiazole rings is 1. The number of pyridine rings is 1. The monoisotopic (exact) mass is 483 g/mol. The first-order chi connectivity index (χ1) is 16.2. The summed E-state index contributed by atoms with van der Waals surface area (Å²) in [6.45, 7) is 7.93. The van der Waals surface area contributed by atoms with Gasteiger partial charge in [-0.05, 0) is 25.8 Å². The zero-order chi connectivity index (χ0) is 24.4. The molecule has 0 aromatic carbocycles. The molecule has 4 heterocycles. The molecule has 0 saturated carbocycles. The highest BCUT2D eigenvalue weighted by Gasteiger charge is 2.43. The highest BCUT2D eigenvalue weighted by Crippen LogP contribution is 2.31. The summed E-state index contributed by atoms with van der Waals surface area (Å²) in [5.74, 6) is -0.730. The number of hydrogen-bond acceptors (Lipinski definition) is 8. The predicted molar refractivity (Wildman–Crippen MR) is 127 cm³/mol. The molecule has 1 aliphatic rings. The van der Waals surface area contributed by atoms with E-state index in [-0.39, 0.29) is 37.2 Å². The number of nitrogens with zero attached hydrogens (tertiary/aromatic N) is 4. The molecule has 9 nitrogen and oxygen atoms in total. The molecule has 1 fully saturated rings. The topological polar surface area (TPSA) is 121 Å². The fraction of sp³-hybridized carbons (Fsp3) is 0.458. The number of nitrogens with one attached hydrogen (secondary N) is 1. The number of likely N-dealkylation sites (tertiary alicyclic amines) is 1. The fourth-order valence-electron chi connectivity index (χ4n) is 4.29. The largest absolute Gasteiger partial charge is 0.391 e. The predicted octanol–water partition coefficient (Wildman–Crippen LogP) is 2.83. The summed E-state index contributed by atoms with van der Waals surface area (Å²) in [5.41, 5.74) is 5.13. The maximum atomic E-state index is 13.4. The Morgan fingerprint density at radius 1 is 1.29 bits per heavy atom. The molecule has 4 rings (SSSR count). The molecule has 2 amide bonds. The van der Waals surface area contributed by atoms with Gasteiger partial charge in [0.05, 0.1) is 40.1 Å². The van der Waals surface area contributed by atoms with Gasteiger partial charge in [0.25, 0.3) is 0 Å². The van der Waals surface area contributed by atoms with Crippen LogP contribution in [0.2, 0.25) is 0 Å². The Labute approximate surface area is 202 Å².